The minimum absolute atomic E-state index is 0.437. The normalized spacial score (nSPS) is 13.1. The number of hydrogen-bond donors (Lipinski definition) is 0. The fourth-order valence-electron chi connectivity index (χ4n) is 6.16. The third kappa shape index (κ3) is 2.76. The van der Waals surface area contributed by atoms with Crippen LogP contribution in [-0.4, -0.2) is 0 Å². The quantitative estimate of drug-likeness (QED) is 0.238. The third-order valence-electron chi connectivity index (χ3n) is 8.08. The van der Waals surface area contributed by atoms with Crippen LogP contribution in [-0.2, 0) is 0 Å². The molecule has 0 aliphatic carbocycles. The molecule has 0 amide bonds. The topological polar surface area (TPSA) is 13.1 Å². The SMILES string of the molecule is CCC(C)c1cc2c(oc3ccc4ccccc4c32)c2c3cc(C)ccc3c3cccc(C)c3c12. The van der Waals surface area contributed by atoms with Gasteiger partial charge in [0.05, 0.1) is 0 Å². The Hall–Kier alpha value is -3.84. The van der Waals surface area contributed by atoms with Crippen molar-refractivity contribution in [2.45, 2.75) is 40.0 Å². The fourth-order valence-corrected chi connectivity index (χ4v) is 6.16. The number of benzene rings is 6. The molecule has 0 N–H and O–H groups in total. The molecule has 6 aromatic carbocycles. The van der Waals surface area contributed by atoms with Crippen LogP contribution in [0.4, 0.5) is 0 Å². The Bertz CT molecular complexity index is 1970. The molecule has 0 fully saturated rings. The van der Waals surface area contributed by atoms with E-state index in [1.165, 1.54) is 70.6 Å². The molecule has 0 saturated heterocycles. The van der Waals surface area contributed by atoms with E-state index in [0.717, 1.165) is 17.6 Å². The zero-order valence-corrected chi connectivity index (χ0v) is 20.7. The van der Waals surface area contributed by atoms with E-state index in [9.17, 15) is 0 Å². The lowest BCUT2D eigenvalue weighted by Gasteiger charge is -2.19. The first kappa shape index (κ1) is 20.5. The van der Waals surface area contributed by atoms with Crippen molar-refractivity contribution >= 4 is 65.0 Å². The van der Waals surface area contributed by atoms with Crippen molar-refractivity contribution in [3.8, 4) is 0 Å². The molecule has 0 spiro atoms. The molecule has 0 radical (unpaired) electrons. The Morgan fingerprint density at radius 2 is 1.49 bits per heavy atom. The first-order valence-corrected chi connectivity index (χ1v) is 12.7. The lowest BCUT2D eigenvalue weighted by atomic mass is 9.84. The standard InChI is InChI=1S/C34H28O/c1-5-20(3)26-18-28-31-23-11-7-6-10-22(23)14-16-29(31)35-34(28)33-27-17-19(2)13-15-24(27)25-12-8-9-21(4)30(25)32(26)33/h6-18,20H,5H2,1-4H3. The smallest absolute Gasteiger partial charge is 0.143 e. The summed E-state index contributed by atoms with van der Waals surface area (Å²) in [5.74, 6) is 0.437. The highest BCUT2D eigenvalue weighted by Gasteiger charge is 2.22. The maximum Gasteiger partial charge on any atom is 0.143 e. The van der Waals surface area contributed by atoms with Crippen molar-refractivity contribution in [1.29, 1.82) is 0 Å². The third-order valence-corrected chi connectivity index (χ3v) is 8.08. The summed E-state index contributed by atoms with van der Waals surface area (Å²) in [6.07, 6.45) is 1.09. The van der Waals surface area contributed by atoms with Gasteiger partial charge in [-0.05, 0) is 87.1 Å². The molecule has 1 heteroatoms. The molecule has 35 heavy (non-hydrogen) atoms. The Balaban J connectivity index is 1.87. The molecule has 170 valence electrons. The summed E-state index contributed by atoms with van der Waals surface area (Å²) in [6, 6.07) is 29.0. The molecule has 0 aliphatic heterocycles. The molecular weight excluding hydrogens is 424 g/mol. The lowest BCUT2D eigenvalue weighted by molar-refractivity contribution is 0.673. The Morgan fingerprint density at radius 3 is 2.34 bits per heavy atom. The van der Waals surface area contributed by atoms with Crippen molar-refractivity contribution in [1.82, 2.24) is 0 Å². The zero-order valence-electron chi connectivity index (χ0n) is 20.7. The summed E-state index contributed by atoms with van der Waals surface area (Å²) in [5.41, 5.74) is 5.99. The molecule has 1 unspecified atom stereocenters. The van der Waals surface area contributed by atoms with Gasteiger partial charge in [-0.3, -0.25) is 0 Å². The molecule has 7 rings (SSSR count). The second-order valence-electron chi connectivity index (χ2n) is 10.2. The Kier molecular flexibility index (Phi) is 4.30. The van der Waals surface area contributed by atoms with Gasteiger partial charge in [0.1, 0.15) is 11.2 Å². The molecule has 1 heterocycles. The Morgan fingerprint density at radius 1 is 0.657 bits per heavy atom. The minimum Gasteiger partial charge on any atom is -0.455 e. The van der Waals surface area contributed by atoms with Crippen LogP contribution in [0.5, 0.6) is 0 Å². The predicted molar refractivity (Wildman–Crippen MR) is 152 cm³/mol. The van der Waals surface area contributed by atoms with Crippen LogP contribution in [0, 0.1) is 13.8 Å². The fraction of sp³-hybridized carbons (Fsp3) is 0.176. The average Bonchev–Trinajstić information content (AvgIpc) is 3.26. The van der Waals surface area contributed by atoms with E-state index in [4.69, 9.17) is 4.42 Å². The number of furan rings is 1. The van der Waals surface area contributed by atoms with Gasteiger partial charge in [0.25, 0.3) is 0 Å². The van der Waals surface area contributed by atoms with Crippen LogP contribution in [0.15, 0.2) is 83.3 Å². The van der Waals surface area contributed by atoms with E-state index < -0.39 is 0 Å². The summed E-state index contributed by atoms with van der Waals surface area (Å²) in [6.45, 7) is 9.10. The summed E-state index contributed by atoms with van der Waals surface area (Å²) in [5, 5.41) is 12.9. The number of aryl methyl sites for hydroxylation is 2. The summed E-state index contributed by atoms with van der Waals surface area (Å²) < 4.78 is 6.78. The molecule has 0 bridgehead atoms. The highest BCUT2D eigenvalue weighted by atomic mass is 16.3. The molecule has 0 aliphatic rings. The first-order valence-electron chi connectivity index (χ1n) is 12.7. The van der Waals surface area contributed by atoms with Gasteiger partial charge in [0, 0.05) is 16.2 Å². The van der Waals surface area contributed by atoms with Crippen molar-refractivity contribution < 1.29 is 4.42 Å². The van der Waals surface area contributed by atoms with Gasteiger partial charge in [0.2, 0.25) is 0 Å². The van der Waals surface area contributed by atoms with Gasteiger partial charge in [-0.15, -0.1) is 0 Å². The largest absolute Gasteiger partial charge is 0.455 e. The number of rotatable bonds is 2. The van der Waals surface area contributed by atoms with Gasteiger partial charge in [0.15, 0.2) is 0 Å². The summed E-state index contributed by atoms with van der Waals surface area (Å²) in [4.78, 5) is 0. The van der Waals surface area contributed by atoms with E-state index in [1.54, 1.807) is 0 Å². The Labute approximate surface area is 205 Å². The van der Waals surface area contributed by atoms with E-state index >= 15 is 0 Å². The maximum absolute atomic E-state index is 6.78. The second-order valence-corrected chi connectivity index (χ2v) is 10.2. The van der Waals surface area contributed by atoms with E-state index in [-0.39, 0.29) is 0 Å². The van der Waals surface area contributed by atoms with Crippen LogP contribution in [0.1, 0.15) is 42.9 Å². The van der Waals surface area contributed by atoms with E-state index in [2.05, 4.69) is 107 Å². The highest BCUT2D eigenvalue weighted by Crippen LogP contribution is 2.47. The van der Waals surface area contributed by atoms with Crippen molar-refractivity contribution in [2.24, 2.45) is 0 Å². The summed E-state index contributed by atoms with van der Waals surface area (Å²) >= 11 is 0. The first-order chi connectivity index (χ1) is 17.1. The van der Waals surface area contributed by atoms with Crippen LogP contribution in [0.25, 0.3) is 65.0 Å². The number of hydrogen-bond acceptors (Lipinski definition) is 1. The minimum atomic E-state index is 0.437. The molecule has 1 aromatic heterocycles. The van der Waals surface area contributed by atoms with E-state index in [1.807, 2.05) is 0 Å². The number of fused-ring (bicyclic) bond motifs is 12. The van der Waals surface area contributed by atoms with E-state index in [0.29, 0.717) is 5.92 Å². The van der Waals surface area contributed by atoms with Gasteiger partial charge >= 0.3 is 0 Å². The molecule has 0 saturated carbocycles. The molecule has 7 aromatic rings. The van der Waals surface area contributed by atoms with Crippen LogP contribution in [0.3, 0.4) is 0 Å². The predicted octanol–water partition coefficient (Wildman–Crippen LogP) is 10.3. The molecular formula is C34H28O. The van der Waals surface area contributed by atoms with Crippen molar-refractivity contribution in [2.75, 3.05) is 0 Å². The van der Waals surface area contributed by atoms with Crippen molar-refractivity contribution in [3.05, 3.63) is 95.6 Å². The van der Waals surface area contributed by atoms with Gasteiger partial charge < -0.3 is 4.42 Å². The van der Waals surface area contributed by atoms with Gasteiger partial charge in [-0.1, -0.05) is 86.1 Å². The average molecular weight is 453 g/mol. The monoisotopic (exact) mass is 452 g/mol. The molecule has 1 atom stereocenters. The maximum atomic E-state index is 6.78. The van der Waals surface area contributed by atoms with Gasteiger partial charge in [-0.25, -0.2) is 0 Å². The summed E-state index contributed by atoms with van der Waals surface area (Å²) in [7, 11) is 0. The lowest BCUT2D eigenvalue weighted by Crippen LogP contribution is -1.97. The second kappa shape index (κ2) is 7.33. The van der Waals surface area contributed by atoms with Crippen LogP contribution >= 0.6 is 0 Å². The molecule has 1 nitrogen and oxygen atoms in total. The zero-order chi connectivity index (χ0) is 23.8. The van der Waals surface area contributed by atoms with Crippen LogP contribution in [0.2, 0.25) is 0 Å². The van der Waals surface area contributed by atoms with Gasteiger partial charge in [-0.2, -0.15) is 0 Å². The van der Waals surface area contributed by atoms with Crippen molar-refractivity contribution in [3.63, 3.8) is 0 Å². The highest BCUT2D eigenvalue weighted by molar-refractivity contribution is 6.35. The van der Waals surface area contributed by atoms with Crippen LogP contribution < -0.4 is 0 Å².